The van der Waals surface area contributed by atoms with Crippen LogP contribution in [0.3, 0.4) is 0 Å². The van der Waals surface area contributed by atoms with Gasteiger partial charge in [-0.05, 0) is 12.0 Å². The van der Waals surface area contributed by atoms with Gasteiger partial charge in [0.1, 0.15) is 5.82 Å². The standard InChI is InChI=1S/C15H17N5O2S/c1-23(21,22)15-16-13-12-11(18-19-13)7-8-20(14(12)17-15)9-10-5-3-2-4-6-10/h2-6,11,18H,7-9H2,1H3,(H,16,17,19). The molecule has 7 nitrogen and oxygen atoms in total. The van der Waals surface area contributed by atoms with Gasteiger partial charge in [0.15, 0.2) is 5.82 Å². The molecular formula is C15H17N5O2S. The summed E-state index contributed by atoms with van der Waals surface area (Å²) in [7, 11) is -3.46. The van der Waals surface area contributed by atoms with E-state index in [0.29, 0.717) is 18.2 Å². The molecular weight excluding hydrogens is 314 g/mol. The molecule has 0 aliphatic carbocycles. The molecule has 2 aliphatic heterocycles. The topological polar surface area (TPSA) is 87.2 Å². The molecule has 0 saturated heterocycles. The van der Waals surface area contributed by atoms with Gasteiger partial charge >= 0.3 is 0 Å². The van der Waals surface area contributed by atoms with Gasteiger partial charge in [-0.25, -0.2) is 18.8 Å². The Hall–Kier alpha value is -2.19. The summed E-state index contributed by atoms with van der Waals surface area (Å²) in [5.41, 5.74) is 8.26. The molecule has 8 heteroatoms. The van der Waals surface area contributed by atoms with Gasteiger partial charge in [-0.2, -0.15) is 4.98 Å². The number of benzene rings is 1. The number of hydrogen-bond acceptors (Lipinski definition) is 7. The monoisotopic (exact) mass is 331 g/mol. The molecule has 1 aromatic heterocycles. The second-order valence-electron chi connectivity index (χ2n) is 5.88. The van der Waals surface area contributed by atoms with Gasteiger partial charge in [-0.15, -0.1) is 0 Å². The van der Waals surface area contributed by atoms with Crippen LogP contribution in [0.4, 0.5) is 11.6 Å². The third kappa shape index (κ3) is 2.53. The smallest absolute Gasteiger partial charge is 0.250 e. The van der Waals surface area contributed by atoms with E-state index in [2.05, 4.69) is 37.9 Å². The third-order valence-corrected chi connectivity index (χ3v) is 5.00. The van der Waals surface area contributed by atoms with Gasteiger partial charge in [0, 0.05) is 19.3 Å². The first-order chi connectivity index (χ1) is 11.0. The molecule has 0 bridgehead atoms. The van der Waals surface area contributed by atoms with Gasteiger partial charge < -0.3 is 10.3 Å². The Balaban J connectivity index is 1.79. The zero-order chi connectivity index (χ0) is 16.0. The number of nitrogens with zero attached hydrogens (tertiary/aromatic N) is 3. The summed E-state index contributed by atoms with van der Waals surface area (Å²) in [5.74, 6) is 1.27. The number of hydrazine groups is 1. The summed E-state index contributed by atoms with van der Waals surface area (Å²) >= 11 is 0. The van der Waals surface area contributed by atoms with Crippen LogP contribution < -0.4 is 15.8 Å². The van der Waals surface area contributed by atoms with Crippen molar-refractivity contribution in [2.75, 3.05) is 23.1 Å². The van der Waals surface area contributed by atoms with Crippen LogP contribution in [0.5, 0.6) is 0 Å². The second-order valence-corrected chi connectivity index (χ2v) is 7.79. The molecule has 2 aromatic rings. The van der Waals surface area contributed by atoms with Gasteiger partial charge in [-0.3, -0.25) is 0 Å². The molecule has 1 unspecified atom stereocenters. The Labute approximate surface area is 134 Å². The number of aromatic nitrogens is 2. The van der Waals surface area contributed by atoms with Crippen molar-refractivity contribution in [3.63, 3.8) is 0 Å². The lowest BCUT2D eigenvalue weighted by atomic mass is 10.0. The first-order valence-electron chi connectivity index (χ1n) is 7.45. The summed E-state index contributed by atoms with van der Waals surface area (Å²) in [5, 5.41) is -0.138. The van der Waals surface area contributed by atoms with Gasteiger partial charge in [-0.1, -0.05) is 30.3 Å². The Bertz CT molecular complexity index is 854. The fourth-order valence-corrected chi connectivity index (χ4v) is 3.56. The predicted octanol–water partition coefficient (Wildman–Crippen LogP) is 1.26. The molecule has 0 saturated carbocycles. The molecule has 0 amide bonds. The summed E-state index contributed by atoms with van der Waals surface area (Å²) in [6, 6.07) is 10.2. The summed E-state index contributed by atoms with van der Waals surface area (Å²) in [4.78, 5) is 10.6. The van der Waals surface area contributed by atoms with Crippen LogP contribution in [0.2, 0.25) is 0 Å². The van der Waals surface area contributed by atoms with E-state index in [1.54, 1.807) is 0 Å². The zero-order valence-electron chi connectivity index (χ0n) is 12.7. The first-order valence-corrected chi connectivity index (χ1v) is 9.34. The SMILES string of the molecule is CS(=O)(=O)c1nc2c3c(n1)N(Cc1ccccc1)CCC3NN2. The van der Waals surface area contributed by atoms with Crippen LogP contribution in [0.25, 0.3) is 0 Å². The van der Waals surface area contributed by atoms with Gasteiger partial charge in [0.25, 0.3) is 5.16 Å². The molecule has 0 spiro atoms. The van der Waals surface area contributed by atoms with Crippen molar-refractivity contribution in [2.45, 2.75) is 24.2 Å². The highest BCUT2D eigenvalue weighted by Gasteiger charge is 2.35. The Kier molecular flexibility index (Phi) is 3.24. The average molecular weight is 331 g/mol. The van der Waals surface area contributed by atoms with E-state index in [4.69, 9.17) is 0 Å². The van der Waals surface area contributed by atoms with Gasteiger partial charge in [0.2, 0.25) is 9.84 Å². The molecule has 23 heavy (non-hydrogen) atoms. The highest BCUT2D eigenvalue weighted by atomic mass is 32.2. The molecule has 3 heterocycles. The number of sulfone groups is 1. The Morgan fingerprint density at radius 2 is 2.04 bits per heavy atom. The lowest BCUT2D eigenvalue weighted by Gasteiger charge is -2.32. The lowest BCUT2D eigenvalue weighted by Crippen LogP contribution is -2.34. The maximum absolute atomic E-state index is 11.9. The number of rotatable bonds is 3. The van der Waals surface area contributed by atoms with Crippen molar-refractivity contribution in [3.05, 3.63) is 41.5 Å². The van der Waals surface area contributed by atoms with Crippen LogP contribution in [0, 0.1) is 0 Å². The third-order valence-electron chi connectivity index (χ3n) is 4.15. The van der Waals surface area contributed by atoms with Crippen molar-refractivity contribution in [1.29, 1.82) is 0 Å². The van der Waals surface area contributed by atoms with E-state index in [1.807, 2.05) is 18.2 Å². The molecule has 0 radical (unpaired) electrons. The molecule has 1 atom stereocenters. The van der Waals surface area contributed by atoms with Crippen molar-refractivity contribution >= 4 is 21.5 Å². The molecule has 1 aromatic carbocycles. The minimum atomic E-state index is -3.46. The van der Waals surface area contributed by atoms with Crippen LogP contribution in [0.15, 0.2) is 35.5 Å². The predicted molar refractivity (Wildman–Crippen MR) is 86.8 cm³/mol. The van der Waals surface area contributed by atoms with Gasteiger partial charge in [0.05, 0.1) is 11.6 Å². The second kappa shape index (κ2) is 5.17. The van der Waals surface area contributed by atoms with E-state index in [9.17, 15) is 8.42 Å². The molecule has 0 fully saturated rings. The van der Waals surface area contributed by atoms with Crippen molar-refractivity contribution < 1.29 is 8.42 Å². The maximum Gasteiger partial charge on any atom is 0.250 e. The Morgan fingerprint density at radius 1 is 1.26 bits per heavy atom. The summed E-state index contributed by atoms with van der Waals surface area (Å²) < 4.78 is 23.7. The Morgan fingerprint density at radius 3 is 2.78 bits per heavy atom. The molecule has 2 aliphatic rings. The first kappa shape index (κ1) is 14.4. The highest BCUT2D eigenvalue weighted by molar-refractivity contribution is 7.90. The zero-order valence-corrected chi connectivity index (χ0v) is 13.5. The van der Waals surface area contributed by atoms with Crippen LogP contribution >= 0.6 is 0 Å². The van der Waals surface area contributed by atoms with Crippen LogP contribution in [-0.2, 0) is 16.4 Å². The van der Waals surface area contributed by atoms with Crippen molar-refractivity contribution in [2.24, 2.45) is 0 Å². The molecule has 120 valence electrons. The van der Waals surface area contributed by atoms with E-state index >= 15 is 0 Å². The molecule has 4 rings (SSSR count). The average Bonchev–Trinajstić information content (AvgIpc) is 2.94. The van der Waals surface area contributed by atoms with E-state index in [0.717, 1.165) is 30.3 Å². The quantitative estimate of drug-likeness (QED) is 0.819. The number of anilines is 2. The lowest BCUT2D eigenvalue weighted by molar-refractivity contribution is 0.531. The largest absolute Gasteiger partial charge is 0.352 e. The summed E-state index contributed by atoms with van der Waals surface area (Å²) in [6.07, 6.45) is 2.05. The minimum absolute atomic E-state index is 0.126. The fourth-order valence-electron chi connectivity index (χ4n) is 3.05. The highest BCUT2D eigenvalue weighted by Crippen LogP contribution is 2.40. The fraction of sp³-hybridized carbons (Fsp3) is 0.333. The van der Waals surface area contributed by atoms with Crippen molar-refractivity contribution in [3.8, 4) is 0 Å². The van der Waals surface area contributed by atoms with Crippen LogP contribution in [0.1, 0.15) is 23.6 Å². The normalized spacial score (nSPS) is 19.3. The van der Waals surface area contributed by atoms with E-state index in [-0.39, 0.29) is 11.2 Å². The number of hydrogen-bond donors (Lipinski definition) is 2. The maximum atomic E-state index is 11.9. The van der Waals surface area contributed by atoms with Crippen molar-refractivity contribution in [1.82, 2.24) is 15.4 Å². The van der Waals surface area contributed by atoms with E-state index in [1.165, 1.54) is 0 Å². The summed E-state index contributed by atoms with van der Waals surface area (Å²) in [6.45, 7) is 1.50. The van der Waals surface area contributed by atoms with Crippen LogP contribution in [-0.4, -0.2) is 31.2 Å². The number of nitrogens with one attached hydrogen (secondary N) is 2. The van der Waals surface area contributed by atoms with E-state index < -0.39 is 9.84 Å². The molecule has 2 N–H and O–H groups in total. The minimum Gasteiger partial charge on any atom is -0.352 e.